The molecular formula is C20H23N3O2. The van der Waals surface area contributed by atoms with Crippen molar-refractivity contribution in [1.29, 1.82) is 0 Å². The first-order valence-corrected chi connectivity index (χ1v) is 8.61. The van der Waals surface area contributed by atoms with Crippen LogP contribution in [0.2, 0.25) is 0 Å². The van der Waals surface area contributed by atoms with Crippen LogP contribution in [0.3, 0.4) is 0 Å². The SMILES string of the molecule is CC(NC(=O)CNc1ccccc1)c1ccc(NC(=O)C2CC2)cc1. The summed E-state index contributed by atoms with van der Waals surface area (Å²) in [6, 6.07) is 17.1. The number of para-hydroxylation sites is 1. The Hall–Kier alpha value is -2.82. The highest BCUT2D eigenvalue weighted by atomic mass is 16.2. The second kappa shape index (κ2) is 7.83. The van der Waals surface area contributed by atoms with E-state index in [1.54, 1.807) is 0 Å². The molecule has 0 radical (unpaired) electrons. The van der Waals surface area contributed by atoms with E-state index in [2.05, 4.69) is 16.0 Å². The maximum absolute atomic E-state index is 12.1. The molecule has 130 valence electrons. The third-order valence-corrected chi connectivity index (χ3v) is 4.23. The van der Waals surface area contributed by atoms with Crippen LogP contribution in [0, 0.1) is 5.92 Å². The van der Waals surface area contributed by atoms with Gasteiger partial charge < -0.3 is 16.0 Å². The minimum atomic E-state index is -0.0988. The number of amides is 2. The van der Waals surface area contributed by atoms with Crippen LogP contribution >= 0.6 is 0 Å². The van der Waals surface area contributed by atoms with Gasteiger partial charge in [0.1, 0.15) is 0 Å². The molecule has 1 aliphatic rings. The smallest absolute Gasteiger partial charge is 0.239 e. The average molecular weight is 337 g/mol. The van der Waals surface area contributed by atoms with E-state index in [0.29, 0.717) is 0 Å². The zero-order valence-electron chi connectivity index (χ0n) is 14.3. The molecule has 0 aliphatic heterocycles. The van der Waals surface area contributed by atoms with E-state index in [1.165, 1.54) is 0 Å². The van der Waals surface area contributed by atoms with Crippen LogP contribution in [0.4, 0.5) is 11.4 Å². The molecule has 0 heterocycles. The quantitative estimate of drug-likeness (QED) is 0.726. The number of benzene rings is 2. The molecule has 1 atom stereocenters. The van der Waals surface area contributed by atoms with Crippen molar-refractivity contribution in [1.82, 2.24) is 5.32 Å². The normalized spacial score (nSPS) is 14.4. The van der Waals surface area contributed by atoms with Gasteiger partial charge in [-0.3, -0.25) is 9.59 Å². The standard InChI is InChI=1S/C20H23N3O2/c1-14(22-19(24)13-21-17-5-3-2-4-6-17)15-9-11-18(12-10-15)23-20(25)16-7-8-16/h2-6,9-12,14,16,21H,7-8,13H2,1H3,(H,22,24)(H,23,25). The third-order valence-electron chi connectivity index (χ3n) is 4.23. The molecule has 1 aliphatic carbocycles. The number of carbonyl (C=O) groups is 2. The fraction of sp³-hybridized carbons (Fsp3) is 0.300. The summed E-state index contributed by atoms with van der Waals surface area (Å²) in [4.78, 5) is 23.8. The molecule has 2 aromatic carbocycles. The van der Waals surface area contributed by atoms with Gasteiger partial charge in [-0.05, 0) is 49.6 Å². The first kappa shape index (κ1) is 17.0. The first-order chi connectivity index (χ1) is 12.1. The van der Waals surface area contributed by atoms with Crippen LogP contribution in [0.25, 0.3) is 0 Å². The lowest BCUT2D eigenvalue weighted by Crippen LogP contribution is -2.32. The van der Waals surface area contributed by atoms with E-state index in [4.69, 9.17) is 0 Å². The van der Waals surface area contributed by atoms with Gasteiger partial charge in [0.25, 0.3) is 0 Å². The molecule has 0 saturated heterocycles. The van der Waals surface area contributed by atoms with E-state index in [1.807, 2.05) is 61.5 Å². The second-order valence-corrected chi connectivity index (χ2v) is 6.39. The van der Waals surface area contributed by atoms with Crippen LogP contribution in [0.15, 0.2) is 54.6 Å². The molecule has 3 N–H and O–H groups in total. The lowest BCUT2D eigenvalue weighted by atomic mass is 10.1. The summed E-state index contributed by atoms with van der Waals surface area (Å²) in [5.41, 5.74) is 2.71. The van der Waals surface area contributed by atoms with Crippen LogP contribution in [0.5, 0.6) is 0 Å². The van der Waals surface area contributed by atoms with Gasteiger partial charge in [-0.2, -0.15) is 0 Å². The molecule has 0 spiro atoms. The monoisotopic (exact) mass is 337 g/mol. The largest absolute Gasteiger partial charge is 0.376 e. The highest BCUT2D eigenvalue weighted by Gasteiger charge is 2.29. The van der Waals surface area contributed by atoms with Gasteiger partial charge in [0, 0.05) is 17.3 Å². The summed E-state index contributed by atoms with van der Waals surface area (Å²) in [6.45, 7) is 2.17. The van der Waals surface area contributed by atoms with E-state index in [0.717, 1.165) is 29.8 Å². The predicted molar refractivity (Wildman–Crippen MR) is 99.3 cm³/mol. The van der Waals surface area contributed by atoms with Crippen molar-refractivity contribution >= 4 is 23.2 Å². The summed E-state index contributed by atoms with van der Waals surface area (Å²) in [7, 11) is 0. The second-order valence-electron chi connectivity index (χ2n) is 6.39. The molecule has 0 bridgehead atoms. The highest BCUT2D eigenvalue weighted by molar-refractivity contribution is 5.94. The molecule has 5 heteroatoms. The molecule has 5 nitrogen and oxygen atoms in total. The van der Waals surface area contributed by atoms with Crippen molar-refractivity contribution in [3.63, 3.8) is 0 Å². The predicted octanol–water partition coefficient (Wildman–Crippen LogP) is 3.32. The minimum Gasteiger partial charge on any atom is -0.376 e. The molecule has 2 amide bonds. The van der Waals surface area contributed by atoms with Crippen molar-refractivity contribution in [2.75, 3.05) is 17.2 Å². The summed E-state index contributed by atoms with van der Waals surface area (Å²) < 4.78 is 0. The maximum Gasteiger partial charge on any atom is 0.239 e. The van der Waals surface area contributed by atoms with Gasteiger partial charge in [-0.15, -0.1) is 0 Å². The number of carbonyl (C=O) groups excluding carboxylic acids is 2. The molecule has 1 unspecified atom stereocenters. The van der Waals surface area contributed by atoms with Crippen LogP contribution < -0.4 is 16.0 Å². The van der Waals surface area contributed by atoms with Gasteiger partial charge >= 0.3 is 0 Å². The third kappa shape index (κ3) is 5.08. The van der Waals surface area contributed by atoms with Crippen molar-refractivity contribution in [2.24, 2.45) is 5.92 Å². The van der Waals surface area contributed by atoms with Gasteiger partial charge in [-0.1, -0.05) is 30.3 Å². The van der Waals surface area contributed by atoms with E-state index in [9.17, 15) is 9.59 Å². The van der Waals surface area contributed by atoms with Gasteiger partial charge in [0.05, 0.1) is 12.6 Å². The van der Waals surface area contributed by atoms with Gasteiger partial charge in [0.2, 0.25) is 11.8 Å². The number of rotatable bonds is 7. The average Bonchev–Trinajstić information content (AvgIpc) is 3.46. The molecule has 2 aromatic rings. The van der Waals surface area contributed by atoms with Crippen molar-refractivity contribution in [3.05, 3.63) is 60.2 Å². The summed E-state index contributed by atoms with van der Waals surface area (Å²) in [5.74, 6) is 0.221. The Balaban J connectivity index is 1.47. The highest BCUT2D eigenvalue weighted by Crippen LogP contribution is 2.30. The van der Waals surface area contributed by atoms with Crippen molar-refractivity contribution in [3.8, 4) is 0 Å². The minimum absolute atomic E-state index is 0.0672. The number of hydrogen-bond donors (Lipinski definition) is 3. The van der Waals surface area contributed by atoms with Crippen LogP contribution in [-0.2, 0) is 9.59 Å². The summed E-state index contributed by atoms with van der Waals surface area (Å²) in [6.07, 6.45) is 1.98. The molecule has 3 rings (SSSR count). The van der Waals surface area contributed by atoms with Crippen LogP contribution in [0.1, 0.15) is 31.4 Å². The topological polar surface area (TPSA) is 70.2 Å². The fourth-order valence-corrected chi connectivity index (χ4v) is 2.56. The Morgan fingerprint density at radius 1 is 1.00 bits per heavy atom. The number of nitrogens with one attached hydrogen (secondary N) is 3. The van der Waals surface area contributed by atoms with E-state index >= 15 is 0 Å². The Labute approximate surface area is 147 Å². The molecular weight excluding hydrogens is 314 g/mol. The fourth-order valence-electron chi connectivity index (χ4n) is 2.56. The molecule has 25 heavy (non-hydrogen) atoms. The van der Waals surface area contributed by atoms with E-state index < -0.39 is 0 Å². The Kier molecular flexibility index (Phi) is 5.33. The molecule has 1 fully saturated rings. The lowest BCUT2D eigenvalue weighted by molar-refractivity contribution is -0.120. The van der Waals surface area contributed by atoms with Crippen LogP contribution in [-0.4, -0.2) is 18.4 Å². The van der Waals surface area contributed by atoms with Gasteiger partial charge in [-0.25, -0.2) is 0 Å². The van der Waals surface area contributed by atoms with Crippen molar-refractivity contribution in [2.45, 2.75) is 25.8 Å². The zero-order chi connectivity index (χ0) is 17.6. The summed E-state index contributed by atoms with van der Waals surface area (Å²) in [5, 5.41) is 8.97. The lowest BCUT2D eigenvalue weighted by Gasteiger charge is -2.15. The zero-order valence-corrected chi connectivity index (χ0v) is 14.3. The van der Waals surface area contributed by atoms with E-state index in [-0.39, 0.29) is 30.3 Å². The molecule has 1 saturated carbocycles. The number of hydrogen-bond acceptors (Lipinski definition) is 3. The first-order valence-electron chi connectivity index (χ1n) is 8.61. The Morgan fingerprint density at radius 2 is 1.68 bits per heavy atom. The molecule has 0 aromatic heterocycles. The van der Waals surface area contributed by atoms with Crippen molar-refractivity contribution < 1.29 is 9.59 Å². The number of anilines is 2. The maximum atomic E-state index is 12.1. The Bertz CT molecular complexity index is 724. The summed E-state index contributed by atoms with van der Waals surface area (Å²) >= 11 is 0. The Morgan fingerprint density at radius 3 is 2.32 bits per heavy atom. The van der Waals surface area contributed by atoms with Gasteiger partial charge in [0.15, 0.2) is 0 Å².